The Kier molecular flexibility index (Phi) is 4.33. The van der Waals surface area contributed by atoms with Gasteiger partial charge in [-0.05, 0) is 49.9 Å². The summed E-state index contributed by atoms with van der Waals surface area (Å²) in [6.45, 7) is 3.48. The molecule has 1 aromatic rings. The van der Waals surface area contributed by atoms with Crippen molar-refractivity contribution < 1.29 is 13.5 Å². The van der Waals surface area contributed by atoms with Gasteiger partial charge in [-0.1, -0.05) is 0 Å². The first kappa shape index (κ1) is 15.2. The average molecular weight is 299 g/mol. The van der Waals surface area contributed by atoms with Crippen molar-refractivity contribution in [3.8, 4) is 0 Å². The largest absolute Gasteiger partial charge is 0.395 e. The van der Waals surface area contributed by atoms with Crippen molar-refractivity contribution in [1.29, 1.82) is 0 Å². The summed E-state index contributed by atoms with van der Waals surface area (Å²) in [5, 5.41) is 9.11. The Morgan fingerprint density at radius 2 is 1.90 bits per heavy atom. The molecule has 0 unspecified atom stereocenters. The molecule has 1 saturated carbocycles. The van der Waals surface area contributed by atoms with Crippen molar-refractivity contribution in [2.24, 2.45) is 5.84 Å². The molecule has 0 amide bonds. The van der Waals surface area contributed by atoms with Gasteiger partial charge < -0.3 is 10.5 Å². The molecule has 0 aliphatic heterocycles. The summed E-state index contributed by atoms with van der Waals surface area (Å²) >= 11 is 0. The Morgan fingerprint density at radius 1 is 1.35 bits per heavy atom. The smallest absolute Gasteiger partial charge is 0.243 e. The predicted octanol–water partition coefficient (Wildman–Crippen LogP) is 0.734. The van der Waals surface area contributed by atoms with Gasteiger partial charge in [0.2, 0.25) is 10.0 Å². The van der Waals surface area contributed by atoms with Crippen LogP contribution in [0.1, 0.15) is 24.0 Å². The van der Waals surface area contributed by atoms with Crippen molar-refractivity contribution in [3.63, 3.8) is 0 Å². The highest BCUT2D eigenvalue weighted by Crippen LogP contribution is 2.34. The molecule has 0 atom stereocenters. The molecule has 1 aliphatic carbocycles. The van der Waals surface area contributed by atoms with Crippen LogP contribution in [0.15, 0.2) is 17.0 Å². The maximum absolute atomic E-state index is 12.8. The Labute approximate surface area is 119 Å². The van der Waals surface area contributed by atoms with E-state index in [1.165, 1.54) is 4.31 Å². The fourth-order valence-corrected chi connectivity index (χ4v) is 4.61. The third kappa shape index (κ3) is 2.80. The van der Waals surface area contributed by atoms with Crippen molar-refractivity contribution in [2.45, 2.75) is 37.6 Å². The van der Waals surface area contributed by atoms with Gasteiger partial charge in [0.15, 0.2) is 0 Å². The lowest BCUT2D eigenvalue weighted by molar-refractivity contribution is 0.250. The number of aryl methyl sites for hydroxylation is 2. The summed E-state index contributed by atoms with van der Waals surface area (Å²) in [7, 11) is -3.58. The molecule has 0 saturated heterocycles. The van der Waals surface area contributed by atoms with E-state index in [0.29, 0.717) is 21.7 Å². The maximum atomic E-state index is 12.8. The Hall–Kier alpha value is -1.15. The van der Waals surface area contributed by atoms with Crippen molar-refractivity contribution >= 4 is 15.7 Å². The first-order valence-corrected chi connectivity index (χ1v) is 8.06. The number of nitrogens with one attached hydrogen (secondary N) is 1. The number of aliphatic hydroxyl groups is 1. The van der Waals surface area contributed by atoms with Crippen molar-refractivity contribution in [1.82, 2.24) is 4.31 Å². The van der Waals surface area contributed by atoms with E-state index in [2.05, 4.69) is 5.43 Å². The van der Waals surface area contributed by atoms with E-state index in [0.717, 1.165) is 12.8 Å². The third-order valence-electron chi connectivity index (χ3n) is 3.47. The molecule has 7 heteroatoms. The summed E-state index contributed by atoms with van der Waals surface area (Å²) in [6.07, 6.45) is 1.72. The van der Waals surface area contributed by atoms with E-state index < -0.39 is 10.0 Å². The molecule has 0 bridgehead atoms. The molecule has 1 aliphatic rings. The number of benzene rings is 1. The minimum Gasteiger partial charge on any atom is -0.395 e. The molecule has 20 heavy (non-hydrogen) atoms. The van der Waals surface area contributed by atoms with E-state index in [-0.39, 0.29) is 19.2 Å². The standard InChI is InChI=1S/C13H21N3O3S/c1-9-7-11(15-14)8-10(2)13(9)20(18,19)16(5-6-17)12-3-4-12/h7-8,12,15,17H,3-6,14H2,1-2H3. The second-order valence-electron chi connectivity index (χ2n) is 5.15. The van der Waals surface area contributed by atoms with Crippen LogP contribution in [0.3, 0.4) is 0 Å². The lowest BCUT2D eigenvalue weighted by Crippen LogP contribution is -2.36. The topological polar surface area (TPSA) is 95.7 Å². The van der Waals surface area contributed by atoms with E-state index in [4.69, 9.17) is 10.9 Å². The van der Waals surface area contributed by atoms with Gasteiger partial charge in [0.05, 0.1) is 11.5 Å². The zero-order chi connectivity index (χ0) is 14.9. The van der Waals surface area contributed by atoms with Gasteiger partial charge in [0.1, 0.15) is 0 Å². The highest BCUT2D eigenvalue weighted by atomic mass is 32.2. The van der Waals surface area contributed by atoms with Gasteiger partial charge in [-0.3, -0.25) is 5.84 Å². The highest BCUT2D eigenvalue weighted by Gasteiger charge is 2.38. The number of nitrogen functional groups attached to an aromatic ring is 1. The number of rotatable bonds is 6. The SMILES string of the molecule is Cc1cc(NN)cc(C)c1S(=O)(=O)N(CCO)C1CC1. The number of hydrazine groups is 1. The number of sulfonamides is 1. The van der Waals surface area contributed by atoms with Crippen LogP contribution < -0.4 is 11.3 Å². The monoisotopic (exact) mass is 299 g/mol. The van der Waals surface area contributed by atoms with Gasteiger partial charge in [-0.15, -0.1) is 0 Å². The summed E-state index contributed by atoms with van der Waals surface area (Å²) < 4.78 is 27.0. The van der Waals surface area contributed by atoms with Crippen LogP contribution in [-0.4, -0.2) is 37.0 Å². The second kappa shape index (κ2) is 5.69. The van der Waals surface area contributed by atoms with Gasteiger partial charge in [-0.2, -0.15) is 4.31 Å². The fraction of sp³-hybridized carbons (Fsp3) is 0.538. The molecular weight excluding hydrogens is 278 g/mol. The quantitative estimate of drug-likeness (QED) is 0.532. The number of hydrogen-bond acceptors (Lipinski definition) is 5. The fourth-order valence-electron chi connectivity index (χ4n) is 2.52. The summed E-state index contributed by atoms with van der Waals surface area (Å²) in [5.74, 6) is 5.37. The molecule has 0 heterocycles. The molecular formula is C13H21N3O3S. The zero-order valence-corrected chi connectivity index (χ0v) is 12.6. The van der Waals surface area contributed by atoms with Crippen LogP contribution >= 0.6 is 0 Å². The van der Waals surface area contributed by atoms with Gasteiger partial charge in [0.25, 0.3) is 0 Å². The van der Waals surface area contributed by atoms with Crippen LogP contribution in [0.25, 0.3) is 0 Å². The predicted molar refractivity (Wildman–Crippen MR) is 77.7 cm³/mol. The third-order valence-corrected chi connectivity index (χ3v) is 5.73. The van der Waals surface area contributed by atoms with Crippen LogP contribution in [0.2, 0.25) is 0 Å². The van der Waals surface area contributed by atoms with Crippen LogP contribution in [0.4, 0.5) is 5.69 Å². The molecule has 1 fully saturated rings. The van der Waals surface area contributed by atoms with Crippen LogP contribution in [0.5, 0.6) is 0 Å². The Bertz CT molecular complexity index is 574. The lowest BCUT2D eigenvalue weighted by Gasteiger charge is -2.23. The number of nitrogens with zero attached hydrogens (tertiary/aromatic N) is 1. The minimum atomic E-state index is -3.58. The molecule has 0 radical (unpaired) electrons. The summed E-state index contributed by atoms with van der Waals surface area (Å²) in [5.41, 5.74) is 4.52. The maximum Gasteiger partial charge on any atom is 0.243 e. The van der Waals surface area contributed by atoms with E-state index in [1.54, 1.807) is 26.0 Å². The summed E-state index contributed by atoms with van der Waals surface area (Å²) in [4.78, 5) is 0.317. The first-order valence-electron chi connectivity index (χ1n) is 6.62. The number of anilines is 1. The Morgan fingerprint density at radius 3 is 2.30 bits per heavy atom. The van der Waals surface area contributed by atoms with Gasteiger partial charge in [-0.25, -0.2) is 8.42 Å². The Balaban J connectivity index is 2.48. The van der Waals surface area contributed by atoms with E-state index in [1.807, 2.05) is 0 Å². The molecule has 2 rings (SSSR count). The molecule has 0 aromatic heterocycles. The first-order chi connectivity index (χ1) is 9.41. The highest BCUT2D eigenvalue weighted by molar-refractivity contribution is 7.89. The molecule has 6 nitrogen and oxygen atoms in total. The van der Waals surface area contributed by atoms with E-state index >= 15 is 0 Å². The van der Waals surface area contributed by atoms with Crippen molar-refractivity contribution in [3.05, 3.63) is 23.3 Å². The molecule has 1 aromatic carbocycles. The van der Waals surface area contributed by atoms with Gasteiger partial charge >= 0.3 is 0 Å². The minimum absolute atomic E-state index is 0.0262. The van der Waals surface area contributed by atoms with E-state index in [9.17, 15) is 8.42 Å². The molecule has 112 valence electrons. The summed E-state index contributed by atoms with van der Waals surface area (Å²) in [6, 6.07) is 3.45. The van der Waals surface area contributed by atoms with Crippen LogP contribution in [0, 0.1) is 13.8 Å². The molecule has 0 spiro atoms. The number of nitrogens with two attached hydrogens (primary N) is 1. The average Bonchev–Trinajstić information content (AvgIpc) is 3.18. The number of aliphatic hydroxyl groups excluding tert-OH is 1. The van der Waals surface area contributed by atoms with Crippen LogP contribution in [-0.2, 0) is 10.0 Å². The van der Waals surface area contributed by atoms with Gasteiger partial charge in [0, 0.05) is 18.3 Å². The zero-order valence-electron chi connectivity index (χ0n) is 11.8. The normalized spacial score (nSPS) is 15.7. The van der Waals surface area contributed by atoms with Crippen molar-refractivity contribution in [2.75, 3.05) is 18.6 Å². The molecule has 4 N–H and O–H groups in total. The second-order valence-corrected chi connectivity index (χ2v) is 6.98. The number of hydrogen-bond donors (Lipinski definition) is 3. The lowest BCUT2D eigenvalue weighted by atomic mass is 10.1.